The van der Waals surface area contributed by atoms with Crippen molar-refractivity contribution < 1.29 is 19.7 Å². The fourth-order valence-corrected chi connectivity index (χ4v) is 5.89. The summed E-state index contributed by atoms with van der Waals surface area (Å²) in [7, 11) is 1.60. The number of aromatic nitrogens is 1. The lowest BCUT2D eigenvalue weighted by atomic mass is 9.71. The lowest BCUT2D eigenvalue weighted by molar-refractivity contribution is -0.141. The number of hydrogen-bond donors (Lipinski definition) is 2. The number of aryl methyl sites for hydroxylation is 1. The van der Waals surface area contributed by atoms with Crippen LogP contribution >= 0.6 is 11.6 Å². The summed E-state index contributed by atoms with van der Waals surface area (Å²) in [5.41, 5.74) is 2.42. The van der Waals surface area contributed by atoms with Gasteiger partial charge in [-0.05, 0) is 93.8 Å². The quantitative estimate of drug-likeness (QED) is 0.271. The van der Waals surface area contributed by atoms with Crippen LogP contribution in [0.3, 0.4) is 0 Å². The molecule has 0 saturated carbocycles. The number of fused-ring (bicyclic) bond motifs is 1. The summed E-state index contributed by atoms with van der Waals surface area (Å²) >= 11 is 6.49. The van der Waals surface area contributed by atoms with Gasteiger partial charge in [0.2, 0.25) is 0 Å². The lowest BCUT2D eigenvalue weighted by Crippen LogP contribution is -2.41. The molecule has 1 aromatic heterocycles. The summed E-state index contributed by atoms with van der Waals surface area (Å²) in [6.07, 6.45) is 6.98. The number of hydrogen-bond acceptors (Lipinski definition) is 5. The smallest absolute Gasteiger partial charge is 0.303 e. The summed E-state index contributed by atoms with van der Waals surface area (Å²) in [4.78, 5) is 18.6. The summed E-state index contributed by atoms with van der Waals surface area (Å²) < 4.78 is 5.36. The van der Waals surface area contributed by atoms with Crippen molar-refractivity contribution in [3.63, 3.8) is 0 Å². The van der Waals surface area contributed by atoms with Crippen LogP contribution in [-0.2, 0) is 11.2 Å². The van der Waals surface area contributed by atoms with Crippen molar-refractivity contribution in [2.24, 2.45) is 5.41 Å². The molecule has 1 fully saturated rings. The van der Waals surface area contributed by atoms with Gasteiger partial charge in [0.1, 0.15) is 5.75 Å². The first kappa shape index (κ1) is 27.4. The van der Waals surface area contributed by atoms with Gasteiger partial charge in [0.15, 0.2) is 0 Å². The van der Waals surface area contributed by atoms with Gasteiger partial charge >= 0.3 is 5.97 Å². The van der Waals surface area contributed by atoms with Crippen molar-refractivity contribution >= 4 is 28.5 Å². The number of unbranched alkanes of at least 4 members (excludes halogenated alkanes) is 1. The van der Waals surface area contributed by atoms with Crippen LogP contribution in [0.5, 0.6) is 5.75 Å². The van der Waals surface area contributed by atoms with Crippen molar-refractivity contribution in [3.05, 3.63) is 70.9 Å². The van der Waals surface area contributed by atoms with E-state index in [1.165, 1.54) is 5.56 Å². The molecule has 0 bridgehead atoms. The number of pyridine rings is 1. The minimum atomic E-state index is -0.813. The molecule has 0 aliphatic carbocycles. The zero-order valence-corrected chi connectivity index (χ0v) is 22.3. The molecule has 2 heterocycles. The summed E-state index contributed by atoms with van der Waals surface area (Å²) in [6, 6.07) is 16.1. The zero-order valence-electron chi connectivity index (χ0n) is 21.5. The Labute approximate surface area is 224 Å². The van der Waals surface area contributed by atoms with E-state index in [4.69, 9.17) is 16.3 Å². The van der Waals surface area contributed by atoms with Gasteiger partial charge in [0, 0.05) is 17.1 Å². The van der Waals surface area contributed by atoms with E-state index in [0.29, 0.717) is 29.2 Å². The Morgan fingerprint density at radius 1 is 1.16 bits per heavy atom. The Kier molecular flexibility index (Phi) is 9.41. The van der Waals surface area contributed by atoms with Crippen molar-refractivity contribution in [1.29, 1.82) is 0 Å². The Bertz CT molecular complexity index is 1180. The molecule has 0 radical (unpaired) electrons. The molecule has 2 N–H and O–H groups in total. The Morgan fingerprint density at radius 2 is 1.92 bits per heavy atom. The Hall–Kier alpha value is -2.67. The van der Waals surface area contributed by atoms with Gasteiger partial charge in [-0.15, -0.1) is 0 Å². The van der Waals surface area contributed by atoms with Crippen LogP contribution in [0.25, 0.3) is 10.9 Å². The van der Waals surface area contributed by atoms with Crippen LogP contribution in [0.1, 0.15) is 62.2 Å². The number of ether oxygens (including phenoxy) is 1. The van der Waals surface area contributed by atoms with Crippen molar-refractivity contribution in [3.8, 4) is 5.75 Å². The first-order chi connectivity index (χ1) is 17.9. The van der Waals surface area contributed by atoms with E-state index in [2.05, 4.69) is 34.1 Å². The number of likely N-dealkylation sites (tertiary alicyclic amines) is 1. The second kappa shape index (κ2) is 12.7. The molecule has 4 rings (SSSR count). The van der Waals surface area contributed by atoms with Crippen LogP contribution < -0.4 is 4.74 Å². The van der Waals surface area contributed by atoms with Gasteiger partial charge < -0.3 is 19.8 Å². The number of aliphatic carboxylic acids is 1. The van der Waals surface area contributed by atoms with Crippen LogP contribution in [0.4, 0.5) is 0 Å². The predicted molar refractivity (Wildman–Crippen MR) is 147 cm³/mol. The first-order valence-electron chi connectivity index (χ1n) is 13.2. The van der Waals surface area contributed by atoms with Crippen LogP contribution in [0, 0.1) is 5.41 Å². The molecule has 198 valence electrons. The standard InChI is InChI=1S/C30H37ClN2O4/c1-37-23-10-11-26-24(19-23)29(25(31)21-32-26)27(34)12-13-30(20-28(35)36)14-17-33(18-15-30)16-6-5-9-22-7-3-2-4-8-22/h2-4,7-8,10-11,19,21,27,34H,5-6,9,12-18,20H2,1H3,(H,35,36)/t27-/m1/s1. The molecular formula is C30H37ClN2O4. The molecule has 0 amide bonds. The maximum absolute atomic E-state index is 11.8. The Morgan fingerprint density at radius 3 is 2.62 bits per heavy atom. The minimum absolute atomic E-state index is 0.125. The summed E-state index contributed by atoms with van der Waals surface area (Å²) in [6.45, 7) is 2.83. The molecule has 0 spiro atoms. The number of carbonyl (C=O) groups is 1. The van der Waals surface area contributed by atoms with E-state index in [-0.39, 0.29) is 11.8 Å². The zero-order chi connectivity index (χ0) is 26.3. The number of carboxylic acid groups (broad SMARTS) is 1. The molecule has 1 saturated heterocycles. The number of carboxylic acids is 1. The SMILES string of the molecule is COc1ccc2ncc(Cl)c([C@H](O)CCC3(CC(=O)O)CCN(CCCCc4ccccc4)CC3)c2c1. The number of rotatable bonds is 12. The second-order valence-electron chi connectivity index (χ2n) is 10.3. The highest BCUT2D eigenvalue weighted by Gasteiger charge is 2.37. The first-order valence-corrected chi connectivity index (χ1v) is 13.6. The number of nitrogens with zero attached hydrogens (tertiary/aromatic N) is 2. The van der Waals surface area contributed by atoms with Gasteiger partial charge in [-0.25, -0.2) is 0 Å². The van der Waals surface area contributed by atoms with Gasteiger partial charge in [0.25, 0.3) is 0 Å². The summed E-state index contributed by atoms with van der Waals surface area (Å²) in [5, 5.41) is 22.1. The van der Waals surface area contributed by atoms with Gasteiger partial charge in [-0.2, -0.15) is 0 Å². The van der Waals surface area contributed by atoms with Crippen molar-refractivity contribution in [2.45, 2.75) is 57.5 Å². The minimum Gasteiger partial charge on any atom is -0.497 e. The number of benzene rings is 2. The van der Waals surface area contributed by atoms with E-state index in [0.717, 1.165) is 62.6 Å². The van der Waals surface area contributed by atoms with Gasteiger partial charge in [-0.3, -0.25) is 9.78 Å². The molecule has 0 unspecified atom stereocenters. The normalized spacial score (nSPS) is 16.5. The van der Waals surface area contributed by atoms with E-state index >= 15 is 0 Å². The molecule has 37 heavy (non-hydrogen) atoms. The van der Waals surface area contributed by atoms with Crippen molar-refractivity contribution in [1.82, 2.24) is 9.88 Å². The highest BCUT2D eigenvalue weighted by molar-refractivity contribution is 6.32. The molecule has 6 nitrogen and oxygen atoms in total. The number of piperidine rings is 1. The molecule has 1 atom stereocenters. The van der Waals surface area contributed by atoms with E-state index in [9.17, 15) is 15.0 Å². The molecule has 1 aliphatic heterocycles. The fraction of sp³-hybridized carbons (Fsp3) is 0.467. The third-order valence-corrected chi connectivity index (χ3v) is 8.13. The molecule has 2 aromatic carbocycles. The third kappa shape index (κ3) is 7.22. The monoisotopic (exact) mass is 524 g/mol. The molecular weight excluding hydrogens is 488 g/mol. The molecule has 7 heteroatoms. The summed E-state index contributed by atoms with van der Waals surface area (Å²) in [5.74, 6) is -0.105. The third-order valence-electron chi connectivity index (χ3n) is 7.83. The average molecular weight is 525 g/mol. The maximum Gasteiger partial charge on any atom is 0.303 e. The van der Waals surface area contributed by atoms with Crippen LogP contribution in [0.2, 0.25) is 5.02 Å². The number of aliphatic hydroxyl groups excluding tert-OH is 1. The Balaban J connectivity index is 1.35. The highest BCUT2D eigenvalue weighted by Crippen LogP contribution is 2.43. The predicted octanol–water partition coefficient (Wildman–Crippen LogP) is 6.29. The van der Waals surface area contributed by atoms with E-state index < -0.39 is 12.1 Å². The van der Waals surface area contributed by atoms with Crippen LogP contribution in [0.15, 0.2) is 54.7 Å². The topological polar surface area (TPSA) is 82.9 Å². The van der Waals surface area contributed by atoms with Crippen LogP contribution in [-0.4, -0.2) is 52.8 Å². The van der Waals surface area contributed by atoms with E-state index in [1.54, 1.807) is 13.3 Å². The lowest BCUT2D eigenvalue weighted by Gasteiger charge is -2.41. The maximum atomic E-state index is 11.8. The number of methoxy groups -OCH3 is 1. The van der Waals surface area contributed by atoms with Gasteiger partial charge in [0.05, 0.1) is 30.2 Å². The largest absolute Gasteiger partial charge is 0.497 e. The van der Waals surface area contributed by atoms with Gasteiger partial charge in [-0.1, -0.05) is 41.9 Å². The van der Waals surface area contributed by atoms with Crippen molar-refractivity contribution in [2.75, 3.05) is 26.7 Å². The second-order valence-corrected chi connectivity index (χ2v) is 10.7. The number of aliphatic hydroxyl groups is 1. The van der Waals surface area contributed by atoms with E-state index in [1.807, 2.05) is 24.3 Å². The highest BCUT2D eigenvalue weighted by atomic mass is 35.5. The average Bonchev–Trinajstić information content (AvgIpc) is 2.90. The molecule has 3 aromatic rings. The molecule has 1 aliphatic rings. The number of halogens is 1. The fourth-order valence-electron chi connectivity index (χ4n) is 5.62.